The van der Waals surface area contributed by atoms with Crippen molar-refractivity contribution < 1.29 is 28.8 Å². The highest BCUT2D eigenvalue weighted by molar-refractivity contribution is 6.47. The van der Waals surface area contributed by atoms with E-state index in [4.69, 9.17) is 19.1 Å². The van der Waals surface area contributed by atoms with Crippen LogP contribution in [-0.2, 0) is 20.8 Å². The number of hydrogen-bond donors (Lipinski definition) is 3. The molecule has 3 fully saturated rings. The molecule has 48 heavy (non-hydrogen) atoms. The van der Waals surface area contributed by atoms with Gasteiger partial charge in [-0.15, -0.1) is 0 Å². The Hall–Kier alpha value is -4.09. The van der Waals surface area contributed by atoms with Gasteiger partial charge < -0.3 is 34.4 Å². The second-order valence-electron chi connectivity index (χ2n) is 15.3. The first-order chi connectivity index (χ1) is 22.8. The van der Waals surface area contributed by atoms with Crippen LogP contribution < -0.4 is 15.5 Å². The lowest BCUT2D eigenvalue weighted by molar-refractivity contribution is -0.145. The van der Waals surface area contributed by atoms with Crippen molar-refractivity contribution in [1.29, 1.82) is 0 Å². The molecule has 2 amide bonds. The second-order valence-corrected chi connectivity index (χ2v) is 15.3. The van der Waals surface area contributed by atoms with E-state index in [1.54, 1.807) is 13.8 Å². The van der Waals surface area contributed by atoms with Crippen LogP contribution in [0.15, 0.2) is 42.5 Å². The number of nitrogens with one attached hydrogen (secondary N) is 2. The molecule has 10 nitrogen and oxygen atoms in total. The van der Waals surface area contributed by atoms with Gasteiger partial charge in [0.15, 0.2) is 0 Å². The molecular weight excluding hydrogens is 607 g/mol. The van der Waals surface area contributed by atoms with Crippen LogP contribution in [0.2, 0.25) is 0 Å². The average molecular weight is 651 g/mol. The number of benzene rings is 3. The van der Waals surface area contributed by atoms with Gasteiger partial charge in [-0.2, -0.15) is 0 Å². The molecule has 4 aliphatic rings. The maximum atomic E-state index is 14.0. The summed E-state index contributed by atoms with van der Waals surface area (Å²) >= 11 is 0. The summed E-state index contributed by atoms with van der Waals surface area (Å²) in [4.78, 5) is 36.9. The van der Waals surface area contributed by atoms with Gasteiger partial charge in [0, 0.05) is 17.0 Å². The number of nitrogens with zero attached hydrogens (tertiary/aromatic N) is 2. The third-order valence-corrected chi connectivity index (χ3v) is 12.0. The Morgan fingerprint density at radius 3 is 2.71 bits per heavy atom. The summed E-state index contributed by atoms with van der Waals surface area (Å²) < 4.78 is 17.3. The van der Waals surface area contributed by atoms with Gasteiger partial charge in [0.1, 0.15) is 24.2 Å². The van der Waals surface area contributed by atoms with Crippen molar-refractivity contribution in [1.82, 2.24) is 20.2 Å². The quantitative estimate of drug-likeness (QED) is 0.255. The van der Waals surface area contributed by atoms with Gasteiger partial charge in [-0.3, -0.25) is 4.79 Å². The fourth-order valence-electron chi connectivity index (χ4n) is 8.58. The summed E-state index contributed by atoms with van der Waals surface area (Å²) in [5.74, 6) is 2.36. The highest BCUT2D eigenvalue weighted by atomic mass is 16.5. The van der Waals surface area contributed by atoms with Crippen molar-refractivity contribution in [3.05, 3.63) is 53.9 Å². The van der Waals surface area contributed by atoms with Crippen LogP contribution >= 0.6 is 0 Å². The normalized spacial score (nSPS) is 26.2. The number of aromatic nitrogens is 2. The first-order valence-corrected chi connectivity index (χ1v) is 17.1. The maximum absolute atomic E-state index is 14.0. The van der Waals surface area contributed by atoms with Crippen LogP contribution in [0.3, 0.4) is 0 Å². The van der Waals surface area contributed by atoms with Gasteiger partial charge in [-0.1, -0.05) is 36.7 Å². The highest BCUT2D eigenvalue weighted by Crippen LogP contribution is 2.55. The number of carbonyl (C=O) groups is 2. The molecule has 3 N–H and O–H groups in total. The van der Waals surface area contributed by atoms with Gasteiger partial charge in [0.05, 0.1) is 35.4 Å². The first kappa shape index (κ1) is 31.2. The minimum atomic E-state index is -0.972. The van der Waals surface area contributed by atoms with Crippen molar-refractivity contribution in [3.8, 4) is 16.9 Å². The van der Waals surface area contributed by atoms with E-state index in [-0.39, 0.29) is 23.9 Å². The Morgan fingerprint density at radius 2 is 1.94 bits per heavy atom. The topological polar surface area (TPSA) is 126 Å². The zero-order valence-corrected chi connectivity index (χ0v) is 28.4. The highest BCUT2D eigenvalue weighted by Gasteiger charge is 2.59. The molecule has 4 heterocycles. The molecule has 1 aromatic heterocycles. The first-order valence-electron chi connectivity index (χ1n) is 17.1. The van der Waals surface area contributed by atoms with E-state index in [1.165, 1.54) is 7.11 Å². The van der Waals surface area contributed by atoms with E-state index in [1.807, 2.05) is 24.8 Å². The molecule has 11 heteroatoms. The third kappa shape index (κ3) is 4.80. The predicted molar refractivity (Wildman–Crippen MR) is 184 cm³/mol. The molecule has 3 aliphatic heterocycles. The van der Waals surface area contributed by atoms with Gasteiger partial charge in [-0.25, -0.2) is 9.78 Å². The summed E-state index contributed by atoms with van der Waals surface area (Å²) in [6.07, 6.45) is 2.42. The number of ether oxygens (including phenoxy) is 2. The average Bonchev–Trinajstić information content (AvgIpc) is 3.77. The van der Waals surface area contributed by atoms with Crippen LogP contribution in [0.1, 0.15) is 71.3 Å². The monoisotopic (exact) mass is 650 g/mol. The number of aliphatic hydroxyl groups is 1. The molecule has 250 valence electrons. The molecule has 6 atom stereocenters. The summed E-state index contributed by atoms with van der Waals surface area (Å²) in [5, 5.41) is 15.4. The SMILES string of the molecule is COC(=O)N[C@@H]1C(=O)N2[C@H](c3nc4ccc5cc6c(cc5c4[nH]3)OCc3cc(BOC(C)(C)C(C)(C)O)ccc3-6)C[C@@H]3CCC(C1C)[C@@H]32. The molecule has 3 aromatic carbocycles. The van der Waals surface area contributed by atoms with E-state index in [2.05, 4.69) is 53.6 Å². The number of hydrogen-bond acceptors (Lipinski definition) is 7. The predicted octanol–water partition coefficient (Wildman–Crippen LogP) is 4.86. The number of alkyl carbamates (subject to hydrolysis) is 1. The Morgan fingerprint density at radius 1 is 1.12 bits per heavy atom. The number of aromatic amines is 1. The van der Waals surface area contributed by atoms with E-state index in [9.17, 15) is 14.7 Å². The molecule has 0 spiro atoms. The molecule has 2 unspecified atom stereocenters. The van der Waals surface area contributed by atoms with E-state index in [0.717, 1.165) is 74.8 Å². The van der Waals surface area contributed by atoms with E-state index in [0.29, 0.717) is 25.9 Å². The van der Waals surface area contributed by atoms with Gasteiger partial charge >= 0.3 is 13.6 Å². The van der Waals surface area contributed by atoms with Crippen LogP contribution in [0.4, 0.5) is 4.79 Å². The second kappa shape index (κ2) is 11.0. The molecule has 4 aromatic rings. The van der Waals surface area contributed by atoms with Crippen LogP contribution in [0.25, 0.3) is 32.9 Å². The van der Waals surface area contributed by atoms with Crippen molar-refractivity contribution in [2.24, 2.45) is 17.8 Å². The Bertz CT molecular complexity index is 1970. The molecule has 2 saturated heterocycles. The van der Waals surface area contributed by atoms with Crippen LogP contribution in [-0.4, -0.2) is 69.9 Å². The van der Waals surface area contributed by atoms with Gasteiger partial charge in [-0.05, 0) is 99.4 Å². The third-order valence-electron chi connectivity index (χ3n) is 12.0. The number of amides is 2. The van der Waals surface area contributed by atoms with Crippen molar-refractivity contribution >= 4 is 46.8 Å². The van der Waals surface area contributed by atoms with Gasteiger partial charge in [0.25, 0.3) is 0 Å². The lowest BCUT2D eigenvalue weighted by atomic mass is 9.78. The Labute approximate surface area is 280 Å². The van der Waals surface area contributed by atoms with Crippen molar-refractivity contribution in [2.45, 2.75) is 89.8 Å². The number of rotatable bonds is 6. The summed E-state index contributed by atoms with van der Waals surface area (Å²) in [6, 6.07) is 14.1. The number of methoxy groups -OCH3 is 1. The summed E-state index contributed by atoms with van der Waals surface area (Å²) in [5.41, 5.74) is 4.41. The zero-order valence-electron chi connectivity index (χ0n) is 28.4. The van der Waals surface area contributed by atoms with Gasteiger partial charge in [0.2, 0.25) is 5.91 Å². The lowest BCUT2D eigenvalue weighted by Crippen LogP contribution is -2.61. The Kier molecular flexibility index (Phi) is 7.13. The fraction of sp³-hybridized carbons (Fsp3) is 0.486. The number of piperidine rings is 1. The number of imidazole rings is 1. The number of fused-ring (bicyclic) bond motifs is 6. The number of H-pyrrole nitrogens is 1. The molecule has 0 bridgehead atoms. The lowest BCUT2D eigenvalue weighted by Gasteiger charge is -2.45. The molecular formula is C37H43BN4O6. The Balaban J connectivity index is 1.10. The molecule has 0 radical (unpaired) electrons. The standard InChI is InChI=1S/C37H43BN4O6/c1-18-23-10-7-20-15-28(42(32(20)23)34(43)30(18)41-35(44)46-6)33-39-27-12-8-19-14-26-24-11-9-22(38-48-37(4,5)36(2,3)45)13-21(24)17-47-29(26)16-25(19)31(27)40-33/h8-9,11-14,16,18,20,23,28,30,32,38,45H,7,10,15,17H2,1-6H3,(H,39,40)(H,41,44)/t18?,20-,23?,28-,30-,32+/m0/s1. The summed E-state index contributed by atoms with van der Waals surface area (Å²) in [6.45, 7) is 9.85. The molecule has 1 aliphatic carbocycles. The van der Waals surface area contributed by atoms with E-state index >= 15 is 0 Å². The van der Waals surface area contributed by atoms with Crippen molar-refractivity contribution in [3.63, 3.8) is 0 Å². The molecule has 1 saturated carbocycles. The van der Waals surface area contributed by atoms with Crippen molar-refractivity contribution in [2.75, 3.05) is 7.11 Å². The zero-order chi connectivity index (χ0) is 33.7. The smallest absolute Gasteiger partial charge is 0.407 e. The largest absolute Gasteiger partial charge is 0.488 e. The fourth-order valence-corrected chi connectivity index (χ4v) is 8.58. The van der Waals surface area contributed by atoms with E-state index < -0.39 is 23.3 Å². The molecule has 8 rings (SSSR count). The number of carbonyl (C=O) groups excluding carboxylic acids is 2. The maximum Gasteiger partial charge on any atom is 0.407 e. The minimum Gasteiger partial charge on any atom is -0.488 e. The summed E-state index contributed by atoms with van der Waals surface area (Å²) in [7, 11) is 1.72. The minimum absolute atomic E-state index is 0.0447. The van der Waals surface area contributed by atoms with Crippen LogP contribution in [0, 0.1) is 17.8 Å². The van der Waals surface area contributed by atoms with Crippen LogP contribution in [0.5, 0.6) is 5.75 Å².